The first kappa shape index (κ1) is 13.4. The first-order chi connectivity index (χ1) is 9.22. The maximum absolute atomic E-state index is 12.3. The maximum Gasteiger partial charge on any atom is 0.223 e. The third-order valence-electron chi connectivity index (χ3n) is 5.84. The molecule has 108 valence electrons. The minimum absolute atomic E-state index is 0.0394. The Morgan fingerprint density at radius 2 is 1.84 bits per heavy atom. The van der Waals surface area contributed by atoms with E-state index in [0.717, 1.165) is 37.5 Å². The SMILES string of the molecule is O=C(NCC1(CO)CC1)C1CCC2CCCCC2C1. The molecule has 3 atom stereocenters. The van der Waals surface area contributed by atoms with Crippen molar-refractivity contribution in [3.8, 4) is 0 Å². The summed E-state index contributed by atoms with van der Waals surface area (Å²) in [6, 6.07) is 0. The van der Waals surface area contributed by atoms with E-state index < -0.39 is 0 Å². The second kappa shape index (κ2) is 5.43. The molecule has 0 bridgehead atoms. The Morgan fingerprint density at radius 1 is 1.11 bits per heavy atom. The molecule has 1 amide bonds. The number of carbonyl (C=O) groups is 1. The fourth-order valence-corrected chi connectivity index (χ4v) is 4.10. The lowest BCUT2D eigenvalue weighted by Gasteiger charge is -2.38. The van der Waals surface area contributed by atoms with Gasteiger partial charge in [-0.05, 0) is 43.9 Å². The number of aliphatic hydroxyl groups excluding tert-OH is 1. The van der Waals surface area contributed by atoms with Gasteiger partial charge in [0.1, 0.15) is 0 Å². The van der Waals surface area contributed by atoms with Crippen LogP contribution in [0.1, 0.15) is 57.8 Å². The molecule has 0 radical (unpaired) electrons. The molecule has 0 aliphatic heterocycles. The largest absolute Gasteiger partial charge is 0.396 e. The predicted octanol–water partition coefficient (Wildman–Crippen LogP) is 2.48. The molecule has 0 aromatic rings. The van der Waals surface area contributed by atoms with Crippen molar-refractivity contribution in [3.05, 3.63) is 0 Å². The van der Waals surface area contributed by atoms with Gasteiger partial charge in [0.2, 0.25) is 5.91 Å². The predicted molar refractivity (Wildman–Crippen MR) is 74.6 cm³/mol. The van der Waals surface area contributed by atoms with Crippen LogP contribution in [0.25, 0.3) is 0 Å². The van der Waals surface area contributed by atoms with Crippen LogP contribution in [0.5, 0.6) is 0 Å². The number of hydrogen-bond acceptors (Lipinski definition) is 2. The van der Waals surface area contributed by atoms with Gasteiger partial charge in [0, 0.05) is 17.9 Å². The first-order valence-electron chi connectivity index (χ1n) is 8.11. The summed E-state index contributed by atoms with van der Waals surface area (Å²) in [5.41, 5.74) is 0.0394. The lowest BCUT2D eigenvalue weighted by Crippen LogP contribution is -2.40. The van der Waals surface area contributed by atoms with E-state index in [1.165, 1.54) is 32.1 Å². The lowest BCUT2D eigenvalue weighted by molar-refractivity contribution is -0.127. The fourth-order valence-electron chi connectivity index (χ4n) is 4.10. The summed E-state index contributed by atoms with van der Waals surface area (Å²) in [4.78, 5) is 12.3. The average molecular weight is 265 g/mol. The normalized spacial score (nSPS) is 36.4. The van der Waals surface area contributed by atoms with Crippen LogP contribution in [-0.2, 0) is 4.79 Å². The summed E-state index contributed by atoms with van der Waals surface area (Å²) >= 11 is 0. The first-order valence-corrected chi connectivity index (χ1v) is 8.11. The van der Waals surface area contributed by atoms with Crippen molar-refractivity contribution in [1.82, 2.24) is 5.32 Å². The fraction of sp³-hybridized carbons (Fsp3) is 0.938. The van der Waals surface area contributed by atoms with Crippen LogP contribution in [0.3, 0.4) is 0 Å². The molecule has 0 heterocycles. The standard InChI is InChI=1S/C16H27NO2/c18-11-16(7-8-16)10-17-15(19)14-6-5-12-3-1-2-4-13(12)9-14/h12-14,18H,1-11H2,(H,17,19). The Kier molecular flexibility index (Phi) is 3.84. The van der Waals surface area contributed by atoms with Crippen molar-refractivity contribution in [1.29, 1.82) is 0 Å². The number of hydrogen-bond donors (Lipinski definition) is 2. The highest BCUT2D eigenvalue weighted by molar-refractivity contribution is 5.78. The summed E-state index contributed by atoms with van der Waals surface area (Å²) in [7, 11) is 0. The van der Waals surface area contributed by atoms with Gasteiger partial charge in [-0.1, -0.05) is 25.7 Å². The van der Waals surface area contributed by atoms with E-state index in [1.807, 2.05) is 0 Å². The summed E-state index contributed by atoms with van der Waals surface area (Å²) in [5.74, 6) is 2.22. The highest BCUT2D eigenvalue weighted by atomic mass is 16.3. The van der Waals surface area contributed by atoms with Crippen LogP contribution in [0.15, 0.2) is 0 Å². The van der Waals surface area contributed by atoms with E-state index in [0.29, 0.717) is 6.54 Å². The van der Waals surface area contributed by atoms with Gasteiger partial charge < -0.3 is 10.4 Å². The molecule has 3 nitrogen and oxygen atoms in total. The van der Waals surface area contributed by atoms with Gasteiger partial charge in [-0.2, -0.15) is 0 Å². The van der Waals surface area contributed by atoms with E-state index in [4.69, 9.17) is 0 Å². The zero-order valence-electron chi connectivity index (χ0n) is 11.9. The van der Waals surface area contributed by atoms with E-state index >= 15 is 0 Å². The van der Waals surface area contributed by atoms with Crippen LogP contribution in [-0.4, -0.2) is 24.2 Å². The Hall–Kier alpha value is -0.570. The molecular formula is C16H27NO2. The van der Waals surface area contributed by atoms with Crippen LogP contribution >= 0.6 is 0 Å². The minimum atomic E-state index is 0.0394. The molecule has 3 unspecified atom stereocenters. The van der Waals surface area contributed by atoms with Gasteiger partial charge in [0.25, 0.3) is 0 Å². The molecule has 0 spiro atoms. The van der Waals surface area contributed by atoms with Gasteiger partial charge in [-0.3, -0.25) is 4.79 Å². The third kappa shape index (κ3) is 2.96. The maximum atomic E-state index is 12.3. The van der Waals surface area contributed by atoms with Gasteiger partial charge in [-0.15, -0.1) is 0 Å². The highest BCUT2D eigenvalue weighted by Crippen LogP contribution is 2.45. The van der Waals surface area contributed by atoms with E-state index in [1.54, 1.807) is 0 Å². The van der Waals surface area contributed by atoms with Gasteiger partial charge in [0.15, 0.2) is 0 Å². The van der Waals surface area contributed by atoms with Crippen LogP contribution < -0.4 is 5.32 Å². The quantitative estimate of drug-likeness (QED) is 0.820. The highest BCUT2D eigenvalue weighted by Gasteiger charge is 2.43. The number of nitrogens with one attached hydrogen (secondary N) is 1. The smallest absolute Gasteiger partial charge is 0.223 e. The molecule has 3 rings (SSSR count). The number of amides is 1. The molecule has 3 aliphatic rings. The molecule has 0 aromatic carbocycles. The molecule has 3 fully saturated rings. The number of fused-ring (bicyclic) bond motifs is 1. The molecule has 3 aliphatic carbocycles. The number of aliphatic hydroxyl groups is 1. The van der Waals surface area contributed by atoms with Crippen molar-refractivity contribution < 1.29 is 9.90 Å². The Bertz CT molecular complexity index is 338. The minimum Gasteiger partial charge on any atom is -0.396 e. The van der Waals surface area contributed by atoms with Gasteiger partial charge >= 0.3 is 0 Å². The average Bonchev–Trinajstić information content (AvgIpc) is 3.25. The van der Waals surface area contributed by atoms with Crippen molar-refractivity contribution in [2.75, 3.05) is 13.2 Å². The van der Waals surface area contributed by atoms with Crippen molar-refractivity contribution >= 4 is 5.91 Å². The number of carbonyl (C=O) groups excluding carboxylic acids is 1. The van der Waals surface area contributed by atoms with Gasteiger partial charge in [0.05, 0.1) is 6.61 Å². The second-order valence-corrected chi connectivity index (χ2v) is 7.19. The second-order valence-electron chi connectivity index (χ2n) is 7.19. The summed E-state index contributed by atoms with van der Waals surface area (Å²) in [6.45, 7) is 0.912. The molecule has 0 aromatic heterocycles. The van der Waals surface area contributed by atoms with E-state index in [9.17, 15) is 9.90 Å². The molecule has 0 saturated heterocycles. The van der Waals surface area contributed by atoms with Crippen molar-refractivity contribution in [2.45, 2.75) is 57.8 Å². The summed E-state index contributed by atoms with van der Waals surface area (Å²) in [5, 5.41) is 12.4. The Morgan fingerprint density at radius 3 is 2.53 bits per heavy atom. The van der Waals surface area contributed by atoms with Crippen molar-refractivity contribution in [3.63, 3.8) is 0 Å². The van der Waals surface area contributed by atoms with Crippen LogP contribution in [0.4, 0.5) is 0 Å². The Balaban J connectivity index is 1.47. The summed E-state index contributed by atoms with van der Waals surface area (Å²) < 4.78 is 0. The molecule has 3 saturated carbocycles. The van der Waals surface area contributed by atoms with Crippen molar-refractivity contribution in [2.24, 2.45) is 23.2 Å². The van der Waals surface area contributed by atoms with Crippen LogP contribution in [0.2, 0.25) is 0 Å². The molecule has 19 heavy (non-hydrogen) atoms. The lowest BCUT2D eigenvalue weighted by atomic mass is 9.67. The molecule has 3 heteroatoms. The topological polar surface area (TPSA) is 49.3 Å². The molecular weight excluding hydrogens is 238 g/mol. The number of rotatable bonds is 4. The van der Waals surface area contributed by atoms with E-state index in [2.05, 4.69) is 5.32 Å². The third-order valence-corrected chi connectivity index (χ3v) is 5.84. The summed E-state index contributed by atoms with van der Waals surface area (Å²) in [6.07, 6.45) is 11.1. The molecule has 2 N–H and O–H groups in total. The zero-order valence-corrected chi connectivity index (χ0v) is 11.9. The monoisotopic (exact) mass is 265 g/mol. The van der Waals surface area contributed by atoms with E-state index in [-0.39, 0.29) is 23.8 Å². The Labute approximate surface area is 116 Å². The zero-order chi connectivity index (χ0) is 13.3. The van der Waals surface area contributed by atoms with Gasteiger partial charge in [-0.25, -0.2) is 0 Å². The van der Waals surface area contributed by atoms with Crippen LogP contribution in [0, 0.1) is 23.2 Å².